The van der Waals surface area contributed by atoms with Gasteiger partial charge in [0.05, 0.1) is 10.7 Å². The first-order valence-corrected chi connectivity index (χ1v) is 8.01. The van der Waals surface area contributed by atoms with Crippen LogP contribution < -0.4 is 11.1 Å². The smallest absolute Gasteiger partial charge is 0.227 e. The molecule has 1 aromatic heterocycles. The van der Waals surface area contributed by atoms with Crippen LogP contribution in [0.15, 0.2) is 29.6 Å². The van der Waals surface area contributed by atoms with E-state index in [1.807, 2.05) is 43.5 Å². The van der Waals surface area contributed by atoms with Crippen molar-refractivity contribution < 1.29 is 4.79 Å². The Kier molecular flexibility index (Phi) is 5.47. The normalized spacial score (nSPS) is 12.1. The lowest BCUT2D eigenvalue weighted by molar-refractivity contribution is -0.119. The molecule has 5 heteroatoms. The standard InChI is InChI=1S/C16H21N3OS/c1-11(5-4-8-17)16(20)19-14-7-3-6-13(9-14)15-10-21-12(2)18-15/h3,6-7,9-11H,4-5,8,17H2,1-2H3,(H,19,20). The molecule has 4 nitrogen and oxygen atoms in total. The number of nitrogens with zero attached hydrogens (tertiary/aromatic N) is 1. The second kappa shape index (κ2) is 7.33. The molecule has 0 fully saturated rings. The molecule has 1 aromatic carbocycles. The minimum Gasteiger partial charge on any atom is -0.330 e. The Hall–Kier alpha value is -1.72. The lowest BCUT2D eigenvalue weighted by Gasteiger charge is -2.12. The van der Waals surface area contributed by atoms with Crippen molar-refractivity contribution in [1.82, 2.24) is 4.98 Å². The van der Waals surface area contributed by atoms with Gasteiger partial charge in [-0.1, -0.05) is 19.1 Å². The van der Waals surface area contributed by atoms with Crippen molar-refractivity contribution in [3.63, 3.8) is 0 Å². The molecule has 0 spiro atoms. The summed E-state index contributed by atoms with van der Waals surface area (Å²) in [7, 11) is 0. The van der Waals surface area contributed by atoms with Gasteiger partial charge in [0.15, 0.2) is 0 Å². The molecule has 112 valence electrons. The van der Waals surface area contributed by atoms with E-state index >= 15 is 0 Å². The van der Waals surface area contributed by atoms with Gasteiger partial charge >= 0.3 is 0 Å². The van der Waals surface area contributed by atoms with E-state index in [0.717, 1.165) is 34.8 Å². The Morgan fingerprint density at radius 3 is 2.95 bits per heavy atom. The minimum absolute atomic E-state index is 0.0290. The molecule has 1 amide bonds. The Bertz CT molecular complexity index is 609. The van der Waals surface area contributed by atoms with Crippen LogP contribution >= 0.6 is 11.3 Å². The molecule has 0 saturated heterocycles. The molecule has 1 heterocycles. The number of aromatic nitrogens is 1. The number of carbonyl (C=O) groups excluding carboxylic acids is 1. The van der Waals surface area contributed by atoms with Crippen molar-refractivity contribution in [1.29, 1.82) is 0 Å². The molecule has 0 radical (unpaired) electrons. The van der Waals surface area contributed by atoms with Crippen molar-refractivity contribution in [3.05, 3.63) is 34.7 Å². The van der Waals surface area contributed by atoms with E-state index in [-0.39, 0.29) is 11.8 Å². The fourth-order valence-corrected chi connectivity index (χ4v) is 2.69. The topological polar surface area (TPSA) is 68.0 Å². The van der Waals surface area contributed by atoms with Crippen LogP contribution in [0.25, 0.3) is 11.3 Å². The van der Waals surface area contributed by atoms with Gasteiger partial charge in [-0.25, -0.2) is 4.98 Å². The summed E-state index contributed by atoms with van der Waals surface area (Å²) in [5, 5.41) is 6.03. The first-order chi connectivity index (χ1) is 10.1. The maximum Gasteiger partial charge on any atom is 0.227 e. The van der Waals surface area contributed by atoms with Crippen molar-refractivity contribution in [2.75, 3.05) is 11.9 Å². The van der Waals surface area contributed by atoms with Crippen LogP contribution in [0.2, 0.25) is 0 Å². The zero-order chi connectivity index (χ0) is 15.2. The zero-order valence-corrected chi connectivity index (χ0v) is 13.2. The summed E-state index contributed by atoms with van der Waals surface area (Å²) in [6.45, 7) is 4.54. The van der Waals surface area contributed by atoms with Crippen LogP contribution in [0.5, 0.6) is 0 Å². The molecule has 21 heavy (non-hydrogen) atoms. The van der Waals surface area contributed by atoms with E-state index in [4.69, 9.17) is 5.73 Å². The highest BCUT2D eigenvalue weighted by Gasteiger charge is 2.12. The maximum atomic E-state index is 12.1. The molecule has 2 aromatic rings. The van der Waals surface area contributed by atoms with Crippen LogP contribution in [0.1, 0.15) is 24.8 Å². The monoisotopic (exact) mass is 303 g/mol. The number of amides is 1. The highest BCUT2D eigenvalue weighted by molar-refractivity contribution is 7.09. The molecule has 1 atom stereocenters. The summed E-state index contributed by atoms with van der Waals surface area (Å²) in [6.07, 6.45) is 1.68. The van der Waals surface area contributed by atoms with E-state index < -0.39 is 0 Å². The highest BCUT2D eigenvalue weighted by Crippen LogP contribution is 2.24. The molecule has 1 unspecified atom stereocenters. The summed E-state index contributed by atoms with van der Waals surface area (Å²) in [5.74, 6) is 0.00813. The van der Waals surface area contributed by atoms with Crippen molar-refractivity contribution >= 4 is 22.9 Å². The number of carbonyl (C=O) groups is 1. The predicted octanol–water partition coefficient (Wildman–Crippen LogP) is 3.43. The largest absolute Gasteiger partial charge is 0.330 e. The number of nitrogens with one attached hydrogen (secondary N) is 1. The number of aryl methyl sites for hydroxylation is 1. The summed E-state index contributed by atoms with van der Waals surface area (Å²) < 4.78 is 0. The number of benzene rings is 1. The second-order valence-corrected chi connectivity index (χ2v) is 6.22. The maximum absolute atomic E-state index is 12.1. The van der Waals surface area contributed by atoms with E-state index in [9.17, 15) is 4.79 Å². The summed E-state index contributed by atoms with van der Waals surface area (Å²) >= 11 is 1.62. The highest BCUT2D eigenvalue weighted by atomic mass is 32.1. The van der Waals surface area contributed by atoms with Crippen molar-refractivity contribution in [3.8, 4) is 11.3 Å². The van der Waals surface area contributed by atoms with Crippen molar-refractivity contribution in [2.24, 2.45) is 11.7 Å². The summed E-state index contributed by atoms with van der Waals surface area (Å²) in [4.78, 5) is 16.6. The van der Waals surface area contributed by atoms with Gasteiger partial charge in [-0.2, -0.15) is 0 Å². The summed E-state index contributed by atoms with van der Waals surface area (Å²) in [5.41, 5.74) is 8.26. The number of rotatable bonds is 6. The van der Waals surface area contributed by atoms with E-state index in [0.29, 0.717) is 6.54 Å². The SMILES string of the molecule is Cc1nc(-c2cccc(NC(=O)C(C)CCCN)c2)cs1. The van der Waals surface area contributed by atoms with Crippen LogP contribution in [0, 0.1) is 12.8 Å². The average Bonchev–Trinajstić information content (AvgIpc) is 2.91. The molecule has 2 rings (SSSR count). The van der Waals surface area contributed by atoms with Gasteiger partial charge in [-0.15, -0.1) is 11.3 Å². The molecule has 0 saturated carbocycles. The number of nitrogens with two attached hydrogens (primary N) is 1. The molecule has 0 aliphatic rings. The van der Waals surface area contributed by atoms with Gasteiger partial charge in [-0.05, 0) is 38.4 Å². The Morgan fingerprint density at radius 1 is 1.48 bits per heavy atom. The fourth-order valence-electron chi connectivity index (χ4n) is 2.07. The lowest BCUT2D eigenvalue weighted by Crippen LogP contribution is -2.21. The average molecular weight is 303 g/mol. The number of hydrogen-bond donors (Lipinski definition) is 2. The van der Waals surface area contributed by atoms with Gasteiger partial charge in [0.2, 0.25) is 5.91 Å². The van der Waals surface area contributed by atoms with Crippen LogP contribution in [0.3, 0.4) is 0 Å². The lowest BCUT2D eigenvalue weighted by atomic mass is 10.0. The van der Waals surface area contributed by atoms with Gasteiger partial charge in [-0.3, -0.25) is 4.79 Å². The predicted molar refractivity (Wildman–Crippen MR) is 88.4 cm³/mol. The molecule has 0 bridgehead atoms. The van der Waals surface area contributed by atoms with Crippen LogP contribution in [0.4, 0.5) is 5.69 Å². The second-order valence-electron chi connectivity index (χ2n) is 5.15. The van der Waals surface area contributed by atoms with Gasteiger partial charge in [0.25, 0.3) is 0 Å². The summed E-state index contributed by atoms with van der Waals surface area (Å²) in [6, 6.07) is 7.80. The third-order valence-corrected chi connectivity index (χ3v) is 4.11. The Labute approximate surface area is 129 Å². The first kappa shape index (κ1) is 15.7. The first-order valence-electron chi connectivity index (χ1n) is 7.13. The number of thiazole rings is 1. The minimum atomic E-state index is -0.0290. The van der Waals surface area contributed by atoms with E-state index in [2.05, 4.69) is 10.3 Å². The van der Waals surface area contributed by atoms with E-state index in [1.54, 1.807) is 11.3 Å². The van der Waals surface area contributed by atoms with Crippen LogP contribution in [-0.2, 0) is 4.79 Å². The molecular weight excluding hydrogens is 282 g/mol. The van der Waals surface area contributed by atoms with Gasteiger partial charge in [0, 0.05) is 22.5 Å². The Balaban J connectivity index is 2.06. The molecule has 0 aliphatic carbocycles. The molecule has 3 N–H and O–H groups in total. The van der Waals surface area contributed by atoms with Gasteiger partial charge < -0.3 is 11.1 Å². The third kappa shape index (κ3) is 4.37. The fraction of sp³-hybridized carbons (Fsp3) is 0.375. The van der Waals surface area contributed by atoms with Crippen LogP contribution in [-0.4, -0.2) is 17.4 Å². The molecular formula is C16H21N3OS. The number of hydrogen-bond acceptors (Lipinski definition) is 4. The zero-order valence-electron chi connectivity index (χ0n) is 12.4. The van der Waals surface area contributed by atoms with E-state index in [1.165, 1.54) is 0 Å². The molecule has 0 aliphatic heterocycles. The van der Waals surface area contributed by atoms with Gasteiger partial charge in [0.1, 0.15) is 0 Å². The Morgan fingerprint density at radius 2 is 2.29 bits per heavy atom. The number of anilines is 1. The quantitative estimate of drug-likeness (QED) is 0.859. The van der Waals surface area contributed by atoms with Crippen molar-refractivity contribution in [2.45, 2.75) is 26.7 Å². The third-order valence-electron chi connectivity index (χ3n) is 3.33.